The monoisotopic (exact) mass is 378 g/mol. The predicted octanol–water partition coefficient (Wildman–Crippen LogP) is 0.673. The normalized spacial score (nSPS) is 25.4. The Kier molecular flexibility index (Phi) is 5.86. The standard InChI is InChI=1S/C19H30N4O4/c1-4-7-23-12-16(14(2)20-23)18(25)22-9-6-19(26)5-8-21(10-15(19)11-22)17(24)13-27-3/h12,15,26H,4-11,13H2,1-3H3/t15-,19-/m0/s1. The number of methoxy groups -OCH3 is 1. The fraction of sp³-hybridized carbons (Fsp3) is 0.737. The molecule has 0 unspecified atom stereocenters. The van der Waals surface area contributed by atoms with Crippen molar-refractivity contribution in [3.05, 3.63) is 17.5 Å². The molecule has 2 fully saturated rings. The van der Waals surface area contributed by atoms with E-state index in [1.165, 1.54) is 7.11 Å². The maximum Gasteiger partial charge on any atom is 0.257 e. The second-order valence-electron chi connectivity index (χ2n) is 7.72. The summed E-state index contributed by atoms with van der Waals surface area (Å²) >= 11 is 0. The Morgan fingerprint density at radius 3 is 2.63 bits per heavy atom. The van der Waals surface area contributed by atoms with Crippen molar-refractivity contribution in [1.29, 1.82) is 0 Å². The maximum atomic E-state index is 13.0. The van der Waals surface area contributed by atoms with Crippen LogP contribution in [0.1, 0.15) is 42.2 Å². The van der Waals surface area contributed by atoms with Gasteiger partial charge in [-0.3, -0.25) is 14.3 Å². The summed E-state index contributed by atoms with van der Waals surface area (Å²) in [5.74, 6) is -0.257. The summed E-state index contributed by atoms with van der Waals surface area (Å²) in [5.41, 5.74) is 0.550. The first kappa shape index (κ1) is 19.8. The van der Waals surface area contributed by atoms with Crippen LogP contribution < -0.4 is 0 Å². The molecule has 1 N–H and O–H groups in total. The van der Waals surface area contributed by atoms with Gasteiger partial charge < -0.3 is 19.6 Å². The first-order chi connectivity index (χ1) is 12.9. The lowest BCUT2D eigenvalue weighted by Crippen LogP contribution is -2.61. The number of aromatic nitrogens is 2. The summed E-state index contributed by atoms with van der Waals surface area (Å²) in [6, 6.07) is 0. The Balaban J connectivity index is 1.71. The third kappa shape index (κ3) is 4.01. The van der Waals surface area contributed by atoms with Gasteiger partial charge in [0.15, 0.2) is 0 Å². The van der Waals surface area contributed by atoms with Gasteiger partial charge >= 0.3 is 0 Å². The molecule has 2 saturated heterocycles. The molecule has 0 bridgehead atoms. The van der Waals surface area contributed by atoms with Gasteiger partial charge in [-0.15, -0.1) is 0 Å². The molecule has 27 heavy (non-hydrogen) atoms. The highest BCUT2D eigenvalue weighted by Crippen LogP contribution is 2.36. The van der Waals surface area contributed by atoms with Crippen molar-refractivity contribution in [1.82, 2.24) is 19.6 Å². The number of aliphatic hydroxyl groups is 1. The lowest BCUT2D eigenvalue weighted by Gasteiger charge is -2.50. The predicted molar refractivity (Wildman–Crippen MR) is 99.3 cm³/mol. The summed E-state index contributed by atoms with van der Waals surface area (Å²) in [4.78, 5) is 28.7. The highest BCUT2D eigenvalue weighted by Gasteiger charge is 2.46. The molecular weight excluding hydrogens is 348 g/mol. The van der Waals surface area contributed by atoms with Gasteiger partial charge in [0, 0.05) is 51.9 Å². The summed E-state index contributed by atoms with van der Waals surface area (Å²) in [6.07, 6.45) is 3.86. The molecule has 1 aromatic heterocycles. The van der Waals surface area contributed by atoms with Crippen molar-refractivity contribution < 1.29 is 19.4 Å². The second-order valence-corrected chi connectivity index (χ2v) is 7.72. The van der Waals surface area contributed by atoms with Crippen LogP contribution >= 0.6 is 0 Å². The minimum absolute atomic E-state index is 0.0442. The van der Waals surface area contributed by atoms with Crippen LogP contribution in [0.4, 0.5) is 0 Å². The van der Waals surface area contributed by atoms with Crippen LogP contribution in [0.3, 0.4) is 0 Å². The van der Waals surface area contributed by atoms with Gasteiger partial charge in [0.1, 0.15) is 6.61 Å². The van der Waals surface area contributed by atoms with E-state index in [0.717, 1.165) is 18.7 Å². The van der Waals surface area contributed by atoms with E-state index in [4.69, 9.17) is 4.74 Å². The second kappa shape index (κ2) is 7.98. The number of carbonyl (C=O) groups excluding carboxylic acids is 2. The van der Waals surface area contributed by atoms with Crippen LogP contribution in [0.5, 0.6) is 0 Å². The van der Waals surface area contributed by atoms with Gasteiger partial charge in [-0.05, 0) is 26.2 Å². The quantitative estimate of drug-likeness (QED) is 0.814. The number of hydrogen-bond acceptors (Lipinski definition) is 5. The van der Waals surface area contributed by atoms with Crippen LogP contribution in [0, 0.1) is 12.8 Å². The van der Waals surface area contributed by atoms with Gasteiger partial charge in [-0.2, -0.15) is 5.10 Å². The fourth-order valence-corrected chi connectivity index (χ4v) is 4.17. The highest BCUT2D eigenvalue weighted by atomic mass is 16.5. The van der Waals surface area contributed by atoms with Gasteiger partial charge in [0.05, 0.1) is 16.9 Å². The lowest BCUT2D eigenvalue weighted by molar-refractivity contribution is -0.148. The number of rotatable bonds is 5. The van der Waals surface area contributed by atoms with E-state index >= 15 is 0 Å². The molecule has 0 aromatic carbocycles. The molecule has 2 amide bonds. The number of fused-ring (bicyclic) bond motifs is 1. The van der Waals surface area contributed by atoms with Crippen molar-refractivity contribution in [3.63, 3.8) is 0 Å². The molecule has 0 radical (unpaired) electrons. The molecule has 2 aliphatic heterocycles. The number of likely N-dealkylation sites (tertiary alicyclic amines) is 2. The molecule has 0 spiro atoms. The first-order valence-corrected chi connectivity index (χ1v) is 9.70. The van der Waals surface area contributed by atoms with E-state index in [0.29, 0.717) is 44.6 Å². The average molecular weight is 378 g/mol. The lowest BCUT2D eigenvalue weighted by atomic mass is 9.75. The van der Waals surface area contributed by atoms with E-state index in [9.17, 15) is 14.7 Å². The van der Waals surface area contributed by atoms with Crippen LogP contribution in [-0.4, -0.2) is 82.0 Å². The average Bonchev–Trinajstić information content (AvgIpc) is 3.01. The van der Waals surface area contributed by atoms with Gasteiger partial charge in [-0.1, -0.05) is 6.92 Å². The third-order valence-electron chi connectivity index (χ3n) is 5.81. The number of amides is 2. The van der Waals surface area contributed by atoms with E-state index in [2.05, 4.69) is 12.0 Å². The molecule has 0 aliphatic carbocycles. The molecule has 1 aromatic rings. The number of carbonyl (C=O) groups is 2. The molecule has 2 aliphatic rings. The summed E-state index contributed by atoms with van der Waals surface area (Å²) < 4.78 is 6.76. The summed E-state index contributed by atoms with van der Waals surface area (Å²) in [6.45, 7) is 6.72. The van der Waals surface area contributed by atoms with E-state index in [1.807, 2.05) is 17.8 Å². The zero-order valence-corrected chi connectivity index (χ0v) is 16.5. The van der Waals surface area contributed by atoms with Crippen molar-refractivity contribution in [2.75, 3.05) is 39.9 Å². The number of aryl methyl sites for hydroxylation is 2. The Morgan fingerprint density at radius 1 is 1.30 bits per heavy atom. The Bertz CT molecular complexity index is 704. The number of nitrogens with zero attached hydrogens (tertiary/aromatic N) is 4. The van der Waals surface area contributed by atoms with Crippen LogP contribution in [0.2, 0.25) is 0 Å². The zero-order valence-electron chi connectivity index (χ0n) is 16.5. The van der Waals surface area contributed by atoms with Gasteiger partial charge in [0.2, 0.25) is 5.91 Å². The van der Waals surface area contributed by atoms with Gasteiger partial charge in [0.25, 0.3) is 5.91 Å². The zero-order chi connectivity index (χ0) is 19.6. The number of hydrogen-bond donors (Lipinski definition) is 1. The molecule has 0 saturated carbocycles. The Morgan fingerprint density at radius 2 is 1.96 bits per heavy atom. The van der Waals surface area contributed by atoms with Gasteiger partial charge in [-0.25, -0.2) is 0 Å². The van der Waals surface area contributed by atoms with E-state index in [1.54, 1.807) is 9.80 Å². The molecule has 8 heteroatoms. The maximum absolute atomic E-state index is 13.0. The number of ether oxygens (including phenoxy) is 1. The molecular formula is C19H30N4O4. The van der Waals surface area contributed by atoms with E-state index < -0.39 is 5.60 Å². The van der Waals surface area contributed by atoms with Crippen LogP contribution in [-0.2, 0) is 16.1 Å². The molecule has 150 valence electrons. The third-order valence-corrected chi connectivity index (χ3v) is 5.81. The summed E-state index contributed by atoms with van der Waals surface area (Å²) in [5, 5.41) is 15.4. The first-order valence-electron chi connectivity index (χ1n) is 9.70. The van der Waals surface area contributed by atoms with Crippen molar-refractivity contribution in [3.8, 4) is 0 Å². The fourth-order valence-electron chi connectivity index (χ4n) is 4.17. The Hall–Kier alpha value is -1.93. The Labute approximate surface area is 160 Å². The minimum Gasteiger partial charge on any atom is -0.389 e. The number of piperidine rings is 2. The van der Waals surface area contributed by atoms with Crippen LogP contribution in [0.15, 0.2) is 6.20 Å². The van der Waals surface area contributed by atoms with Crippen molar-refractivity contribution in [2.24, 2.45) is 5.92 Å². The molecule has 2 atom stereocenters. The topological polar surface area (TPSA) is 87.9 Å². The molecule has 3 heterocycles. The van der Waals surface area contributed by atoms with Crippen LogP contribution in [0.25, 0.3) is 0 Å². The highest BCUT2D eigenvalue weighted by molar-refractivity contribution is 5.95. The minimum atomic E-state index is -0.804. The van der Waals surface area contributed by atoms with E-state index in [-0.39, 0.29) is 24.3 Å². The van der Waals surface area contributed by atoms with Crippen molar-refractivity contribution >= 4 is 11.8 Å². The molecule has 3 rings (SSSR count). The molecule has 8 nitrogen and oxygen atoms in total. The SMILES string of the molecule is CCCn1cc(C(=O)N2CC[C@@]3(O)CCN(C(=O)COC)C[C@H]3C2)c(C)n1. The summed E-state index contributed by atoms with van der Waals surface area (Å²) in [7, 11) is 1.50. The van der Waals surface area contributed by atoms with Crippen molar-refractivity contribution in [2.45, 2.75) is 45.3 Å². The smallest absolute Gasteiger partial charge is 0.257 e. The largest absolute Gasteiger partial charge is 0.389 e.